The monoisotopic (exact) mass is 916 g/mol. The number of hydrogen-bond acceptors (Lipinski definition) is 8. The molecular weight excluding hydrogens is 857 g/mol. The van der Waals surface area contributed by atoms with Crippen molar-refractivity contribution in [2.24, 2.45) is 0 Å². The van der Waals surface area contributed by atoms with E-state index >= 15 is 0 Å². The Bertz CT molecular complexity index is 2900. The Hall–Kier alpha value is -5.85. The van der Waals surface area contributed by atoms with Gasteiger partial charge in [0.15, 0.2) is 23.1 Å². The van der Waals surface area contributed by atoms with Crippen molar-refractivity contribution >= 4 is 82.9 Å². The third-order valence-corrected chi connectivity index (χ3v) is 27.1. The zero-order valence-electron chi connectivity index (χ0n) is 40.2. The molecule has 0 atom stereocenters. The van der Waals surface area contributed by atoms with Crippen molar-refractivity contribution in [3.63, 3.8) is 0 Å². The maximum atomic E-state index is 14.1. The molecule has 340 valence electrons. The quantitative estimate of drug-likeness (QED) is 0.0988. The number of ketones is 4. The van der Waals surface area contributed by atoms with E-state index in [1.165, 1.54) is 24.3 Å². The van der Waals surface area contributed by atoms with Crippen LogP contribution >= 0.6 is 0 Å². The molecule has 0 saturated carbocycles. The molecule has 1 heterocycles. The fraction of sp³-hybridized carbons (Fsp3) is 0.357. The first kappa shape index (κ1) is 45.3. The summed E-state index contributed by atoms with van der Waals surface area (Å²) in [6.07, 6.45) is 5.45. The summed E-state index contributed by atoms with van der Waals surface area (Å²) in [5.74, 6) is 1.52. The van der Waals surface area contributed by atoms with Crippen molar-refractivity contribution in [2.75, 3.05) is 13.2 Å². The number of carbonyl (C=O) groups excluding carboxylic acids is 4. The molecule has 0 N–H and O–H groups in total. The van der Waals surface area contributed by atoms with Crippen LogP contribution in [0.2, 0.25) is 33.2 Å². The standard InChI is InChI=1S/C56H60O8Si2/c1-29(2)65(30(3)4,31(5)6)63-49-27-41-43(57)19-21-45(59)53(41)51-35-17-23-47-55(37(35)13-15-39(49)51)56-38-14-16-40-50(64-66(32(7)8,33(9)10)34(11)12)28-42-44(58)20-22-46(60)54(42)52(40)36(38)18-24-48(56)62-26-25-61-47/h13-24,27-34H,25-26H2,1-12H3. The first-order chi connectivity index (χ1) is 31.3. The number of fused-ring (bicyclic) bond motifs is 15. The Balaban J connectivity index is 1.39. The zero-order chi connectivity index (χ0) is 47.3. The van der Waals surface area contributed by atoms with E-state index < -0.39 is 16.6 Å². The summed E-state index contributed by atoms with van der Waals surface area (Å²) < 4.78 is 27.8. The molecule has 0 spiro atoms. The predicted octanol–water partition coefficient (Wildman–Crippen LogP) is 14.7. The molecule has 0 aromatic heterocycles. The summed E-state index contributed by atoms with van der Waals surface area (Å²) in [7, 11) is -5.07. The summed E-state index contributed by atoms with van der Waals surface area (Å²) in [5, 5.41) is 5.95. The molecule has 0 saturated heterocycles. The van der Waals surface area contributed by atoms with Crippen molar-refractivity contribution in [1.29, 1.82) is 0 Å². The van der Waals surface area contributed by atoms with E-state index in [1.54, 1.807) is 12.1 Å². The Morgan fingerprint density at radius 3 is 1.03 bits per heavy atom. The minimum Gasteiger partial charge on any atom is -0.542 e. The molecule has 6 aromatic rings. The summed E-state index contributed by atoms with van der Waals surface area (Å²) in [6, 6.07) is 19.6. The van der Waals surface area contributed by atoms with Crippen LogP contribution in [0.1, 0.15) is 125 Å². The average molecular weight is 917 g/mol. The Labute approximate surface area is 389 Å². The van der Waals surface area contributed by atoms with Crippen molar-refractivity contribution in [3.05, 3.63) is 107 Å². The fourth-order valence-corrected chi connectivity index (χ4v) is 22.9. The largest absolute Gasteiger partial charge is 0.542 e. The molecule has 6 aromatic carbocycles. The number of carbonyl (C=O) groups is 4. The SMILES string of the molecule is CC(C)[Si](Oc1cc2c(c3c1ccc1c4c(ccc13)OCCOc1ccc3c(ccc5c(O[Si](C(C)C)(C(C)C)C(C)C)cc6c(c53)C(=O)C=CC6=O)c1-4)C(=O)C=CC2=O)(C(C)C)C(C)C. The highest BCUT2D eigenvalue weighted by Crippen LogP contribution is 2.53. The van der Waals surface area contributed by atoms with Crippen LogP contribution < -0.4 is 18.3 Å². The van der Waals surface area contributed by atoms with Crippen LogP contribution in [0.4, 0.5) is 0 Å². The molecule has 2 aliphatic carbocycles. The van der Waals surface area contributed by atoms with Crippen LogP contribution in [-0.2, 0) is 0 Å². The van der Waals surface area contributed by atoms with Gasteiger partial charge in [-0.2, -0.15) is 0 Å². The smallest absolute Gasteiger partial charge is 0.258 e. The second-order valence-corrected chi connectivity index (χ2v) is 31.0. The van der Waals surface area contributed by atoms with Crippen molar-refractivity contribution < 1.29 is 37.5 Å². The van der Waals surface area contributed by atoms with Gasteiger partial charge in [-0.25, -0.2) is 0 Å². The first-order valence-electron chi connectivity index (χ1n) is 23.6. The van der Waals surface area contributed by atoms with E-state index in [4.69, 9.17) is 18.3 Å². The average Bonchev–Trinajstić information content (AvgIpc) is 3.25. The summed E-state index contributed by atoms with van der Waals surface area (Å²) in [5.41, 5.74) is 4.47. The van der Waals surface area contributed by atoms with Gasteiger partial charge in [-0.3, -0.25) is 19.2 Å². The van der Waals surface area contributed by atoms with E-state index in [1.807, 2.05) is 36.4 Å². The predicted molar refractivity (Wildman–Crippen MR) is 272 cm³/mol. The third-order valence-electron chi connectivity index (χ3n) is 15.1. The van der Waals surface area contributed by atoms with Gasteiger partial charge in [-0.15, -0.1) is 0 Å². The van der Waals surface area contributed by atoms with Crippen molar-refractivity contribution in [3.8, 4) is 34.1 Å². The van der Waals surface area contributed by atoms with Gasteiger partial charge >= 0.3 is 0 Å². The lowest BCUT2D eigenvalue weighted by molar-refractivity contribution is 0.0995. The molecule has 66 heavy (non-hydrogen) atoms. The van der Waals surface area contributed by atoms with Crippen LogP contribution in [0, 0.1) is 0 Å². The van der Waals surface area contributed by atoms with E-state index in [2.05, 4.69) is 95.2 Å². The minimum atomic E-state index is -2.54. The van der Waals surface area contributed by atoms with Gasteiger partial charge in [-0.1, -0.05) is 119 Å². The maximum Gasteiger partial charge on any atom is 0.258 e. The highest BCUT2D eigenvalue weighted by molar-refractivity contribution is 6.79. The summed E-state index contributed by atoms with van der Waals surface area (Å²) >= 11 is 0. The van der Waals surface area contributed by atoms with Gasteiger partial charge in [0.25, 0.3) is 16.6 Å². The molecule has 10 heteroatoms. The van der Waals surface area contributed by atoms with Gasteiger partial charge in [0.05, 0.1) is 0 Å². The molecular formula is C56H60O8Si2. The Morgan fingerprint density at radius 1 is 0.394 bits per heavy atom. The molecule has 0 bridgehead atoms. The van der Waals surface area contributed by atoms with Crippen LogP contribution in [0.15, 0.2) is 85.0 Å². The second kappa shape index (κ2) is 16.5. The van der Waals surface area contributed by atoms with Gasteiger partial charge in [-0.05, 0) is 103 Å². The Morgan fingerprint density at radius 2 is 0.697 bits per heavy atom. The number of allylic oxidation sites excluding steroid dienone is 4. The summed E-state index contributed by atoms with van der Waals surface area (Å²) in [6.45, 7) is 27.4. The number of benzene rings is 6. The van der Waals surface area contributed by atoms with Crippen molar-refractivity contribution in [1.82, 2.24) is 0 Å². The Kier molecular flexibility index (Phi) is 11.3. The topological polar surface area (TPSA) is 105 Å². The highest BCUT2D eigenvalue weighted by atomic mass is 28.4. The van der Waals surface area contributed by atoms with E-state index in [0.717, 1.165) is 43.4 Å². The second-order valence-electron chi connectivity index (χ2n) is 20.3. The first-order valence-corrected chi connectivity index (χ1v) is 27.9. The normalized spacial score (nSPS) is 15.3. The van der Waals surface area contributed by atoms with Gasteiger partial charge in [0, 0.05) is 54.9 Å². The van der Waals surface area contributed by atoms with E-state index in [-0.39, 0.29) is 56.4 Å². The number of ether oxygens (including phenoxy) is 2. The van der Waals surface area contributed by atoms with Crippen LogP contribution in [0.5, 0.6) is 23.0 Å². The van der Waals surface area contributed by atoms with Crippen LogP contribution in [-0.4, -0.2) is 53.0 Å². The van der Waals surface area contributed by atoms with Crippen molar-refractivity contribution in [2.45, 2.75) is 116 Å². The third kappa shape index (κ3) is 6.64. The molecule has 3 aliphatic rings. The zero-order valence-corrected chi connectivity index (χ0v) is 42.2. The number of hydrogen-bond donors (Lipinski definition) is 0. The lowest BCUT2D eigenvalue weighted by Crippen LogP contribution is -2.50. The summed E-state index contributed by atoms with van der Waals surface area (Å²) in [4.78, 5) is 55.9. The molecule has 0 amide bonds. The van der Waals surface area contributed by atoms with Gasteiger partial charge in [0.1, 0.15) is 36.2 Å². The highest BCUT2D eigenvalue weighted by Gasteiger charge is 2.49. The van der Waals surface area contributed by atoms with Crippen LogP contribution in [0.25, 0.3) is 54.2 Å². The van der Waals surface area contributed by atoms with E-state index in [9.17, 15) is 19.2 Å². The number of rotatable bonds is 10. The minimum absolute atomic E-state index is 0.241. The fourth-order valence-electron chi connectivity index (χ4n) is 12.4. The molecule has 0 fully saturated rings. The van der Waals surface area contributed by atoms with Gasteiger partial charge < -0.3 is 18.3 Å². The molecule has 8 nitrogen and oxygen atoms in total. The van der Waals surface area contributed by atoms with Gasteiger partial charge in [0.2, 0.25) is 0 Å². The molecule has 9 rings (SSSR count). The maximum absolute atomic E-state index is 14.1. The van der Waals surface area contributed by atoms with E-state index in [0.29, 0.717) is 69.2 Å². The molecule has 0 radical (unpaired) electrons. The lowest BCUT2D eigenvalue weighted by atomic mass is 9.83. The molecule has 1 aliphatic heterocycles. The van der Waals surface area contributed by atoms with Crippen LogP contribution in [0.3, 0.4) is 0 Å². The molecule has 0 unspecified atom stereocenters. The lowest BCUT2D eigenvalue weighted by Gasteiger charge is -2.42.